The summed E-state index contributed by atoms with van der Waals surface area (Å²) in [5.74, 6) is -1.43. The van der Waals surface area contributed by atoms with Crippen molar-refractivity contribution in [3.05, 3.63) is 0 Å². The second-order valence-corrected chi connectivity index (χ2v) is 6.81. The second-order valence-electron chi connectivity index (χ2n) is 6.81. The molecular weight excluding hydrogens is 296 g/mol. The molecule has 1 aliphatic heterocycles. The summed E-state index contributed by atoms with van der Waals surface area (Å²) in [7, 11) is 0. The minimum atomic E-state index is -0.794. The highest BCUT2D eigenvalue weighted by molar-refractivity contribution is 5.83. The molecule has 1 saturated carbocycles. The van der Waals surface area contributed by atoms with Crippen LogP contribution in [-0.4, -0.2) is 47.4 Å². The molecule has 0 radical (unpaired) electrons. The van der Waals surface area contributed by atoms with Crippen molar-refractivity contribution in [3.8, 4) is 0 Å². The Balaban J connectivity index is 1.91. The molecule has 2 rings (SSSR count). The summed E-state index contributed by atoms with van der Waals surface area (Å²) in [6.07, 6.45) is 5.23. The van der Waals surface area contributed by atoms with Crippen LogP contribution in [0.5, 0.6) is 0 Å². The SMILES string of the molecule is CCCNC(=O)C1CCCN(C(=O)C2CCCC(C(=O)O)C2)C1. The van der Waals surface area contributed by atoms with E-state index in [-0.39, 0.29) is 23.7 Å². The first kappa shape index (κ1) is 17.8. The molecule has 1 saturated heterocycles. The average Bonchev–Trinajstić information content (AvgIpc) is 2.59. The Morgan fingerprint density at radius 3 is 2.48 bits per heavy atom. The molecule has 3 unspecified atom stereocenters. The van der Waals surface area contributed by atoms with Crippen LogP contribution < -0.4 is 5.32 Å². The lowest BCUT2D eigenvalue weighted by Crippen LogP contribution is -2.48. The van der Waals surface area contributed by atoms with Crippen molar-refractivity contribution in [3.63, 3.8) is 0 Å². The van der Waals surface area contributed by atoms with Crippen LogP contribution in [0.2, 0.25) is 0 Å². The first-order valence-electron chi connectivity index (χ1n) is 8.82. The molecular formula is C17H28N2O4. The smallest absolute Gasteiger partial charge is 0.306 e. The number of likely N-dealkylation sites (tertiary alicyclic amines) is 1. The van der Waals surface area contributed by atoms with Crippen LogP contribution in [0.25, 0.3) is 0 Å². The second kappa shape index (κ2) is 8.31. The average molecular weight is 324 g/mol. The predicted octanol–water partition coefficient (Wildman–Crippen LogP) is 1.64. The molecule has 2 amide bonds. The number of amides is 2. The van der Waals surface area contributed by atoms with Gasteiger partial charge in [0.05, 0.1) is 11.8 Å². The Labute approximate surface area is 137 Å². The summed E-state index contributed by atoms with van der Waals surface area (Å²) in [5, 5.41) is 12.1. The van der Waals surface area contributed by atoms with E-state index in [1.54, 1.807) is 4.90 Å². The van der Waals surface area contributed by atoms with Gasteiger partial charge >= 0.3 is 5.97 Å². The fourth-order valence-corrected chi connectivity index (χ4v) is 3.68. The highest BCUT2D eigenvalue weighted by Gasteiger charge is 2.35. The molecule has 2 fully saturated rings. The number of carbonyl (C=O) groups is 3. The molecule has 2 aliphatic rings. The quantitative estimate of drug-likeness (QED) is 0.805. The number of hydrogen-bond donors (Lipinski definition) is 2. The number of carboxylic acids is 1. The monoisotopic (exact) mass is 324 g/mol. The Morgan fingerprint density at radius 1 is 1.09 bits per heavy atom. The number of rotatable bonds is 5. The van der Waals surface area contributed by atoms with Crippen molar-refractivity contribution < 1.29 is 19.5 Å². The number of carboxylic acid groups (broad SMARTS) is 1. The van der Waals surface area contributed by atoms with Gasteiger partial charge in [0.25, 0.3) is 0 Å². The summed E-state index contributed by atoms with van der Waals surface area (Å²) in [5.41, 5.74) is 0. The largest absolute Gasteiger partial charge is 0.481 e. The number of carbonyl (C=O) groups excluding carboxylic acids is 2. The van der Waals surface area contributed by atoms with Crippen molar-refractivity contribution in [2.45, 2.75) is 51.9 Å². The molecule has 6 heteroatoms. The van der Waals surface area contributed by atoms with E-state index in [0.29, 0.717) is 32.5 Å². The molecule has 23 heavy (non-hydrogen) atoms. The molecule has 2 N–H and O–H groups in total. The fraction of sp³-hybridized carbons (Fsp3) is 0.824. The standard InChI is InChI=1S/C17H28N2O4/c1-2-8-18-15(20)14-7-4-9-19(11-14)16(21)12-5-3-6-13(10-12)17(22)23/h12-14H,2-11H2,1H3,(H,18,20)(H,22,23). The Kier molecular flexibility index (Phi) is 6.42. The van der Waals surface area contributed by atoms with E-state index in [1.165, 1.54) is 0 Å². The van der Waals surface area contributed by atoms with E-state index < -0.39 is 11.9 Å². The predicted molar refractivity (Wildman–Crippen MR) is 85.7 cm³/mol. The Hall–Kier alpha value is -1.59. The minimum absolute atomic E-state index is 0.0383. The zero-order chi connectivity index (χ0) is 16.8. The van der Waals surface area contributed by atoms with Crippen LogP contribution in [0.3, 0.4) is 0 Å². The summed E-state index contributed by atoms with van der Waals surface area (Å²) in [4.78, 5) is 37.8. The van der Waals surface area contributed by atoms with Crippen molar-refractivity contribution in [2.24, 2.45) is 17.8 Å². The number of nitrogens with zero attached hydrogens (tertiary/aromatic N) is 1. The number of piperidine rings is 1. The van der Waals surface area contributed by atoms with Crippen molar-refractivity contribution in [1.29, 1.82) is 0 Å². The van der Waals surface area contributed by atoms with Crippen molar-refractivity contribution in [2.75, 3.05) is 19.6 Å². The van der Waals surface area contributed by atoms with E-state index in [1.807, 2.05) is 6.92 Å². The maximum Gasteiger partial charge on any atom is 0.306 e. The van der Waals surface area contributed by atoms with Crippen LogP contribution in [-0.2, 0) is 14.4 Å². The van der Waals surface area contributed by atoms with Crippen LogP contribution in [0, 0.1) is 17.8 Å². The zero-order valence-electron chi connectivity index (χ0n) is 13.9. The van der Waals surface area contributed by atoms with Gasteiger partial charge in [-0.25, -0.2) is 0 Å². The summed E-state index contributed by atoms with van der Waals surface area (Å²) >= 11 is 0. The number of nitrogens with one attached hydrogen (secondary N) is 1. The van der Waals surface area contributed by atoms with Gasteiger partial charge < -0.3 is 15.3 Å². The maximum absolute atomic E-state index is 12.7. The first-order chi connectivity index (χ1) is 11.0. The summed E-state index contributed by atoms with van der Waals surface area (Å²) < 4.78 is 0. The van der Waals surface area contributed by atoms with E-state index in [9.17, 15) is 14.4 Å². The lowest BCUT2D eigenvalue weighted by atomic mass is 9.80. The Morgan fingerprint density at radius 2 is 1.78 bits per heavy atom. The topological polar surface area (TPSA) is 86.7 Å². The van der Waals surface area contributed by atoms with E-state index in [4.69, 9.17) is 5.11 Å². The third-order valence-corrected chi connectivity index (χ3v) is 5.03. The van der Waals surface area contributed by atoms with Gasteiger partial charge in [-0.05, 0) is 38.5 Å². The molecule has 0 aromatic heterocycles. The van der Waals surface area contributed by atoms with Gasteiger partial charge in [0.1, 0.15) is 0 Å². The van der Waals surface area contributed by atoms with Crippen LogP contribution in [0.1, 0.15) is 51.9 Å². The summed E-state index contributed by atoms with van der Waals surface area (Å²) in [6, 6.07) is 0. The molecule has 0 aromatic rings. The molecule has 0 spiro atoms. The summed E-state index contributed by atoms with van der Waals surface area (Å²) in [6.45, 7) is 3.85. The molecule has 6 nitrogen and oxygen atoms in total. The van der Waals surface area contributed by atoms with Crippen LogP contribution >= 0.6 is 0 Å². The molecule has 130 valence electrons. The van der Waals surface area contributed by atoms with E-state index in [0.717, 1.165) is 32.1 Å². The third kappa shape index (κ3) is 4.69. The van der Waals surface area contributed by atoms with Gasteiger partial charge in [-0.2, -0.15) is 0 Å². The highest BCUT2D eigenvalue weighted by atomic mass is 16.4. The van der Waals surface area contributed by atoms with E-state index >= 15 is 0 Å². The van der Waals surface area contributed by atoms with Crippen LogP contribution in [0.15, 0.2) is 0 Å². The fourth-order valence-electron chi connectivity index (χ4n) is 3.68. The first-order valence-corrected chi connectivity index (χ1v) is 8.82. The maximum atomic E-state index is 12.7. The Bertz CT molecular complexity index is 452. The lowest BCUT2D eigenvalue weighted by molar-refractivity contribution is -0.146. The molecule has 3 atom stereocenters. The van der Waals surface area contributed by atoms with Gasteiger partial charge in [-0.3, -0.25) is 14.4 Å². The molecule has 0 bridgehead atoms. The van der Waals surface area contributed by atoms with Crippen molar-refractivity contribution in [1.82, 2.24) is 10.2 Å². The van der Waals surface area contributed by atoms with Crippen molar-refractivity contribution >= 4 is 17.8 Å². The zero-order valence-corrected chi connectivity index (χ0v) is 13.9. The highest BCUT2D eigenvalue weighted by Crippen LogP contribution is 2.31. The van der Waals surface area contributed by atoms with Gasteiger partial charge in [-0.15, -0.1) is 0 Å². The number of hydrogen-bond acceptors (Lipinski definition) is 3. The van der Waals surface area contributed by atoms with Gasteiger partial charge in [0.15, 0.2) is 0 Å². The van der Waals surface area contributed by atoms with E-state index in [2.05, 4.69) is 5.32 Å². The third-order valence-electron chi connectivity index (χ3n) is 5.03. The van der Waals surface area contributed by atoms with Gasteiger partial charge in [0.2, 0.25) is 11.8 Å². The molecule has 1 aliphatic carbocycles. The normalized spacial score (nSPS) is 28.2. The van der Waals surface area contributed by atoms with Gasteiger partial charge in [-0.1, -0.05) is 13.3 Å². The number of aliphatic carboxylic acids is 1. The lowest BCUT2D eigenvalue weighted by Gasteiger charge is -2.36. The minimum Gasteiger partial charge on any atom is -0.481 e. The molecule has 1 heterocycles. The molecule has 0 aromatic carbocycles. The van der Waals surface area contributed by atoms with Crippen LogP contribution in [0.4, 0.5) is 0 Å². The van der Waals surface area contributed by atoms with Gasteiger partial charge in [0, 0.05) is 25.6 Å².